The molecule has 0 radical (unpaired) electrons. The maximum Gasteiger partial charge on any atom is 0.239 e. The highest BCUT2D eigenvalue weighted by Gasteiger charge is 2.30. The summed E-state index contributed by atoms with van der Waals surface area (Å²) in [5.74, 6) is -0.000822. The Hall–Kier alpha value is -0.660. The largest absolute Gasteiger partial charge is 0.341 e. The van der Waals surface area contributed by atoms with Crippen LogP contribution in [0.25, 0.3) is 0 Å². The van der Waals surface area contributed by atoms with E-state index in [4.69, 9.17) is 5.14 Å². The van der Waals surface area contributed by atoms with E-state index in [-0.39, 0.29) is 17.7 Å². The predicted molar refractivity (Wildman–Crippen MR) is 61.3 cm³/mol. The highest BCUT2D eigenvalue weighted by molar-refractivity contribution is 7.89. The van der Waals surface area contributed by atoms with E-state index in [1.54, 1.807) is 4.90 Å². The van der Waals surface area contributed by atoms with E-state index < -0.39 is 10.0 Å². The fourth-order valence-corrected chi connectivity index (χ4v) is 2.38. The van der Waals surface area contributed by atoms with Crippen LogP contribution in [-0.2, 0) is 14.8 Å². The number of nitrogens with one attached hydrogen (secondary N) is 1. The number of amides is 1. The number of sulfonamides is 1. The Bertz CT molecular complexity index is 342. The van der Waals surface area contributed by atoms with Gasteiger partial charge in [-0.05, 0) is 19.4 Å². The van der Waals surface area contributed by atoms with Crippen molar-refractivity contribution in [2.24, 2.45) is 5.14 Å². The summed E-state index contributed by atoms with van der Waals surface area (Å²) in [7, 11) is -3.41. The first-order valence-electron chi connectivity index (χ1n) is 5.46. The zero-order chi connectivity index (χ0) is 12.2. The van der Waals surface area contributed by atoms with Crippen LogP contribution in [0.3, 0.4) is 0 Å². The van der Waals surface area contributed by atoms with Gasteiger partial charge in [-0.2, -0.15) is 0 Å². The molecule has 7 heteroatoms. The summed E-state index contributed by atoms with van der Waals surface area (Å²) in [6.45, 7) is 3.89. The first kappa shape index (κ1) is 13.4. The fraction of sp³-hybridized carbons (Fsp3) is 0.889. The summed E-state index contributed by atoms with van der Waals surface area (Å²) in [5, 5.41) is 7.98. The molecule has 0 aromatic carbocycles. The predicted octanol–water partition coefficient (Wildman–Crippen LogP) is -1.12. The fourth-order valence-electron chi connectivity index (χ4n) is 1.85. The van der Waals surface area contributed by atoms with Crippen LogP contribution in [0.4, 0.5) is 0 Å². The van der Waals surface area contributed by atoms with Gasteiger partial charge in [-0.1, -0.05) is 6.92 Å². The van der Waals surface area contributed by atoms with Gasteiger partial charge >= 0.3 is 0 Å². The standard InChI is InChI=1S/C9H19N3O3S/c1-2-11-8-4-6-12(9(8)13)5-3-7-16(10,14)15/h8,11H,2-7H2,1H3,(H2,10,14,15). The molecule has 1 aliphatic rings. The molecule has 3 N–H and O–H groups in total. The third kappa shape index (κ3) is 4.07. The van der Waals surface area contributed by atoms with Crippen LogP contribution in [-0.4, -0.2) is 50.7 Å². The number of likely N-dealkylation sites (tertiary alicyclic amines) is 1. The third-order valence-electron chi connectivity index (χ3n) is 2.60. The third-order valence-corrected chi connectivity index (χ3v) is 3.46. The number of rotatable bonds is 6. The maximum atomic E-state index is 11.7. The Morgan fingerprint density at radius 1 is 1.56 bits per heavy atom. The van der Waals surface area contributed by atoms with E-state index in [1.165, 1.54) is 0 Å². The molecule has 0 aliphatic carbocycles. The van der Waals surface area contributed by atoms with Gasteiger partial charge in [0, 0.05) is 13.1 Å². The van der Waals surface area contributed by atoms with Crippen molar-refractivity contribution in [3.05, 3.63) is 0 Å². The molecule has 1 atom stereocenters. The second-order valence-corrected chi connectivity index (χ2v) is 5.68. The normalized spacial score (nSPS) is 21.8. The number of primary sulfonamides is 1. The lowest BCUT2D eigenvalue weighted by atomic mass is 10.2. The summed E-state index contributed by atoms with van der Waals surface area (Å²) in [6, 6.07) is -0.0977. The highest BCUT2D eigenvalue weighted by Crippen LogP contribution is 2.11. The van der Waals surface area contributed by atoms with Crippen molar-refractivity contribution >= 4 is 15.9 Å². The van der Waals surface area contributed by atoms with Gasteiger partial charge in [0.25, 0.3) is 0 Å². The number of hydrogen-bond acceptors (Lipinski definition) is 4. The van der Waals surface area contributed by atoms with Crippen LogP contribution in [0, 0.1) is 0 Å². The Morgan fingerprint density at radius 3 is 2.81 bits per heavy atom. The SMILES string of the molecule is CCNC1CCN(CCCS(N)(=O)=O)C1=O. The number of carbonyl (C=O) groups excluding carboxylic acids is 1. The highest BCUT2D eigenvalue weighted by atomic mass is 32.2. The van der Waals surface area contributed by atoms with Crippen molar-refractivity contribution < 1.29 is 13.2 Å². The molecule has 1 rings (SSSR count). The lowest BCUT2D eigenvalue weighted by molar-refractivity contribution is -0.129. The zero-order valence-electron chi connectivity index (χ0n) is 9.48. The average molecular weight is 249 g/mol. The minimum absolute atomic E-state index is 0.0660. The smallest absolute Gasteiger partial charge is 0.239 e. The molecule has 16 heavy (non-hydrogen) atoms. The molecule has 1 heterocycles. The van der Waals surface area contributed by atoms with Gasteiger partial charge in [0.2, 0.25) is 15.9 Å². The molecular weight excluding hydrogens is 230 g/mol. The Balaban J connectivity index is 2.32. The first-order valence-corrected chi connectivity index (χ1v) is 7.18. The van der Waals surface area contributed by atoms with Crippen LogP contribution in [0.1, 0.15) is 19.8 Å². The monoisotopic (exact) mass is 249 g/mol. The van der Waals surface area contributed by atoms with E-state index in [2.05, 4.69) is 5.32 Å². The van der Waals surface area contributed by atoms with Crippen molar-refractivity contribution in [2.45, 2.75) is 25.8 Å². The second kappa shape index (κ2) is 5.60. The molecule has 1 amide bonds. The van der Waals surface area contributed by atoms with Gasteiger partial charge in [-0.3, -0.25) is 4.79 Å². The lowest BCUT2D eigenvalue weighted by Gasteiger charge is -2.16. The summed E-state index contributed by atoms with van der Waals surface area (Å²) in [4.78, 5) is 13.4. The van der Waals surface area contributed by atoms with Crippen LogP contribution in [0.2, 0.25) is 0 Å². The maximum absolute atomic E-state index is 11.7. The summed E-state index contributed by atoms with van der Waals surface area (Å²) < 4.78 is 21.4. The summed E-state index contributed by atoms with van der Waals surface area (Å²) in [5.41, 5.74) is 0. The molecule has 0 aromatic heterocycles. The number of nitrogens with two attached hydrogens (primary N) is 1. The van der Waals surface area contributed by atoms with E-state index in [9.17, 15) is 13.2 Å². The Morgan fingerprint density at radius 2 is 2.25 bits per heavy atom. The summed E-state index contributed by atoms with van der Waals surface area (Å²) >= 11 is 0. The van der Waals surface area contributed by atoms with Crippen molar-refractivity contribution in [3.8, 4) is 0 Å². The quantitative estimate of drug-likeness (QED) is 0.623. The average Bonchev–Trinajstić information content (AvgIpc) is 2.48. The molecule has 1 fully saturated rings. The Kier molecular flexibility index (Phi) is 4.69. The molecule has 1 aliphatic heterocycles. The molecular formula is C9H19N3O3S. The lowest BCUT2D eigenvalue weighted by Crippen LogP contribution is -2.38. The van der Waals surface area contributed by atoms with Crippen LogP contribution < -0.4 is 10.5 Å². The Labute approximate surface area is 96.2 Å². The molecule has 0 bridgehead atoms. The topological polar surface area (TPSA) is 92.5 Å². The van der Waals surface area contributed by atoms with E-state index in [0.717, 1.165) is 13.0 Å². The minimum Gasteiger partial charge on any atom is -0.341 e. The van der Waals surface area contributed by atoms with Gasteiger partial charge in [0.15, 0.2) is 0 Å². The number of likely N-dealkylation sites (N-methyl/N-ethyl adjacent to an activating group) is 1. The van der Waals surface area contributed by atoms with Gasteiger partial charge < -0.3 is 10.2 Å². The van der Waals surface area contributed by atoms with Crippen molar-refractivity contribution in [3.63, 3.8) is 0 Å². The van der Waals surface area contributed by atoms with Gasteiger partial charge in [-0.15, -0.1) is 0 Å². The zero-order valence-corrected chi connectivity index (χ0v) is 10.3. The van der Waals surface area contributed by atoms with Gasteiger partial charge in [0.1, 0.15) is 0 Å². The minimum atomic E-state index is -3.41. The number of hydrogen-bond donors (Lipinski definition) is 2. The van der Waals surface area contributed by atoms with Crippen molar-refractivity contribution in [1.29, 1.82) is 0 Å². The molecule has 6 nitrogen and oxygen atoms in total. The number of nitrogens with zero attached hydrogens (tertiary/aromatic N) is 1. The van der Waals surface area contributed by atoms with Crippen LogP contribution in [0.5, 0.6) is 0 Å². The van der Waals surface area contributed by atoms with Crippen molar-refractivity contribution in [1.82, 2.24) is 10.2 Å². The number of carbonyl (C=O) groups is 1. The molecule has 0 spiro atoms. The molecule has 0 aromatic rings. The van der Waals surface area contributed by atoms with Crippen LogP contribution in [0.15, 0.2) is 0 Å². The van der Waals surface area contributed by atoms with E-state index >= 15 is 0 Å². The molecule has 94 valence electrons. The van der Waals surface area contributed by atoms with Crippen LogP contribution >= 0.6 is 0 Å². The molecule has 0 saturated carbocycles. The van der Waals surface area contributed by atoms with Gasteiger partial charge in [-0.25, -0.2) is 13.6 Å². The molecule has 1 saturated heterocycles. The summed E-state index contributed by atoms with van der Waals surface area (Å²) in [6.07, 6.45) is 1.20. The molecule has 1 unspecified atom stereocenters. The first-order chi connectivity index (χ1) is 7.44. The van der Waals surface area contributed by atoms with E-state index in [0.29, 0.717) is 19.5 Å². The second-order valence-electron chi connectivity index (χ2n) is 3.94. The van der Waals surface area contributed by atoms with Gasteiger partial charge in [0.05, 0.1) is 11.8 Å². The van der Waals surface area contributed by atoms with E-state index in [1.807, 2.05) is 6.92 Å². The van der Waals surface area contributed by atoms with Crippen molar-refractivity contribution in [2.75, 3.05) is 25.4 Å².